The van der Waals surface area contributed by atoms with Gasteiger partial charge in [-0.25, -0.2) is 0 Å². The van der Waals surface area contributed by atoms with E-state index in [0.717, 1.165) is 0 Å². The van der Waals surface area contributed by atoms with Gasteiger partial charge in [-0.2, -0.15) is 0 Å². The quantitative estimate of drug-likeness (QED) is 0.321. The Kier molecular flexibility index (Phi) is 2.79. The van der Waals surface area contributed by atoms with Crippen molar-refractivity contribution in [2.45, 2.75) is 0 Å². The van der Waals surface area contributed by atoms with Gasteiger partial charge < -0.3 is 5.48 Å². The molecule has 0 bridgehead atoms. The first-order valence-electron chi connectivity index (χ1n) is 2.24. The molecule has 3 heteroatoms. The van der Waals surface area contributed by atoms with Crippen molar-refractivity contribution in [2.24, 2.45) is 0 Å². The summed E-state index contributed by atoms with van der Waals surface area (Å²) in [6, 6.07) is 0. The minimum atomic E-state index is -0.911. The van der Waals surface area contributed by atoms with Crippen LogP contribution in [0.25, 0.3) is 0 Å². The fourth-order valence-electron chi connectivity index (χ4n) is 0. The first kappa shape index (κ1) is 10.6. The zero-order chi connectivity index (χ0) is 5.45. The first-order chi connectivity index (χ1) is 2.24. The number of hydrogen-bond donors (Lipinski definition) is 0. The second kappa shape index (κ2) is 1.85. The van der Waals surface area contributed by atoms with Gasteiger partial charge in [0.25, 0.3) is 0 Å². The maximum absolute atomic E-state index is 2.40. The van der Waals surface area contributed by atoms with Gasteiger partial charge in [-0.15, -0.1) is 0 Å². The summed E-state index contributed by atoms with van der Waals surface area (Å²) in [5.74, 6) is 0. The number of hydrogen-bond acceptors (Lipinski definition) is 0. The van der Waals surface area contributed by atoms with Crippen LogP contribution in [0.2, 0.25) is 0 Å². The molecule has 1 nitrogen and oxygen atoms in total. The monoisotopic (exact) mass is 140 g/mol. The third-order valence-electron chi connectivity index (χ3n) is 0. The smallest absolute Gasteiger partial charge is 0.412 e. The van der Waals surface area contributed by atoms with Crippen LogP contribution in [-0.4, -0.2) is 42.0 Å². The molecule has 0 unspecified atom stereocenters. The molecule has 0 fully saturated rings. The summed E-state index contributed by atoms with van der Waals surface area (Å²) in [4.78, 5) is 0. The molecule has 0 aromatic heterocycles. The molecule has 0 aromatic carbocycles. The van der Waals surface area contributed by atoms with Crippen molar-refractivity contribution in [2.75, 3.05) is 26.7 Å². The maximum Gasteiger partial charge on any atom is -0.412 e. The summed E-state index contributed by atoms with van der Waals surface area (Å²) in [7, 11) is 1.40. The van der Waals surface area contributed by atoms with Crippen LogP contribution in [0.1, 0.15) is 0 Å². The topological polar surface area (TPSA) is 31.5 Å². The van der Waals surface area contributed by atoms with Crippen molar-refractivity contribution in [3.8, 4) is 0 Å². The molecule has 0 aromatic rings. The van der Waals surface area contributed by atoms with Gasteiger partial charge in [0.05, 0.1) is 0 Å². The van der Waals surface area contributed by atoms with E-state index in [1.54, 1.807) is 0 Å². The van der Waals surface area contributed by atoms with Crippen LogP contribution in [0.4, 0.5) is 0 Å². The molecule has 0 atom stereocenters. The molecule has 0 aliphatic heterocycles. The van der Waals surface area contributed by atoms with Gasteiger partial charge in [0, 0.05) is 0 Å². The van der Waals surface area contributed by atoms with Crippen molar-refractivity contribution >= 4 is 16.1 Å². The van der Waals surface area contributed by atoms with Crippen LogP contribution < -0.4 is 0 Å². The van der Waals surface area contributed by atoms with Crippen LogP contribution in [0.15, 0.2) is 0 Å². The van der Waals surface area contributed by atoms with Crippen LogP contribution in [0, 0.1) is 0 Å². The van der Waals surface area contributed by atoms with E-state index in [0.29, 0.717) is 0 Å². The summed E-state index contributed by atoms with van der Waals surface area (Å²) >= 11 is 0. The SMILES string of the molecule is CP(C)(C)(C)[SiH3].O. The molecule has 48 valence electrons. The van der Waals surface area contributed by atoms with Gasteiger partial charge in [-0.05, 0) is 0 Å². The minimum absolute atomic E-state index is 0. The molecule has 0 amide bonds. The molecule has 0 saturated carbocycles. The second-order valence-electron chi connectivity index (χ2n) is 4.47. The zero-order valence-corrected chi connectivity index (χ0v) is 8.84. The van der Waals surface area contributed by atoms with Crippen molar-refractivity contribution in [3.05, 3.63) is 0 Å². The normalized spacial score (nSPS) is 16.9. The maximum atomic E-state index is 2.40. The van der Waals surface area contributed by atoms with Crippen molar-refractivity contribution in [3.63, 3.8) is 0 Å². The van der Waals surface area contributed by atoms with E-state index in [2.05, 4.69) is 26.7 Å². The summed E-state index contributed by atoms with van der Waals surface area (Å²) in [5, 5.41) is 0. The average molecular weight is 140 g/mol. The third kappa shape index (κ3) is 381. The summed E-state index contributed by atoms with van der Waals surface area (Å²) in [5.41, 5.74) is 0. The van der Waals surface area contributed by atoms with Gasteiger partial charge in [0.15, 0.2) is 0 Å². The van der Waals surface area contributed by atoms with E-state index >= 15 is 0 Å². The van der Waals surface area contributed by atoms with Gasteiger partial charge >= 0.3 is 42.7 Å². The molecule has 0 aliphatic rings. The fraction of sp³-hybridized carbons (Fsp3) is 1.00. The standard InChI is InChI=1S/C4H15PSi.H2O/c1-5(2,3,4)6;/h1-4,6H3;1H2. The first-order valence-corrected chi connectivity index (χ1v) is 9.39. The van der Waals surface area contributed by atoms with Gasteiger partial charge in [-0.3, -0.25) is 0 Å². The predicted octanol–water partition coefficient (Wildman–Crippen LogP) is -0.485. The minimum Gasteiger partial charge on any atom is -0.412 e. The molecule has 0 spiro atoms. The molecule has 0 rings (SSSR count). The van der Waals surface area contributed by atoms with Crippen molar-refractivity contribution in [1.29, 1.82) is 0 Å². The Bertz CT molecular complexity index is 44.9. The average Bonchev–Trinajstić information content (AvgIpc) is 0.650. The van der Waals surface area contributed by atoms with E-state index in [-0.39, 0.29) is 5.48 Å². The van der Waals surface area contributed by atoms with Crippen molar-refractivity contribution < 1.29 is 5.48 Å². The van der Waals surface area contributed by atoms with Crippen LogP contribution in [0.3, 0.4) is 0 Å². The van der Waals surface area contributed by atoms with E-state index in [1.165, 1.54) is 9.91 Å². The summed E-state index contributed by atoms with van der Waals surface area (Å²) in [6.45, 7) is 9.60. The zero-order valence-electron chi connectivity index (χ0n) is 5.95. The molecule has 2 N–H and O–H groups in total. The van der Waals surface area contributed by atoms with E-state index < -0.39 is 6.15 Å². The Labute approximate surface area is 49.0 Å². The Morgan fingerprint density at radius 3 is 1.00 bits per heavy atom. The van der Waals surface area contributed by atoms with Gasteiger partial charge in [-0.1, -0.05) is 0 Å². The predicted molar refractivity (Wildman–Crippen MR) is 44.2 cm³/mol. The summed E-state index contributed by atoms with van der Waals surface area (Å²) < 4.78 is 0. The largest absolute Gasteiger partial charge is 0.412 e. The van der Waals surface area contributed by atoms with Crippen LogP contribution >= 0.6 is 6.15 Å². The van der Waals surface area contributed by atoms with Crippen LogP contribution in [0.5, 0.6) is 0 Å². The Balaban J connectivity index is 0. The molecule has 0 heterocycles. The van der Waals surface area contributed by atoms with Crippen molar-refractivity contribution in [1.82, 2.24) is 0 Å². The van der Waals surface area contributed by atoms with Crippen LogP contribution in [-0.2, 0) is 0 Å². The van der Waals surface area contributed by atoms with Gasteiger partial charge in [0.1, 0.15) is 0 Å². The Morgan fingerprint density at radius 1 is 1.00 bits per heavy atom. The number of rotatable bonds is 0. The molecular weight excluding hydrogens is 123 g/mol. The second-order valence-corrected chi connectivity index (χ2v) is 24.1. The van der Waals surface area contributed by atoms with E-state index in [4.69, 9.17) is 0 Å². The molecule has 0 radical (unpaired) electrons. The fourth-order valence-corrected chi connectivity index (χ4v) is 0. The molecular formula is C4H17OPSi. The molecule has 0 aliphatic carbocycles. The Morgan fingerprint density at radius 2 is 1.00 bits per heavy atom. The molecule has 7 heavy (non-hydrogen) atoms. The third-order valence-corrected chi connectivity index (χ3v) is 0. The molecule has 0 saturated heterocycles. The van der Waals surface area contributed by atoms with E-state index in [9.17, 15) is 0 Å². The Hall–Kier alpha value is 0.607. The van der Waals surface area contributed by atoms with Gasteiger partial charge in [0.2, 0.25) is 0 Å². The summed E-state index contributed by atoms with van der Waals surface area (Å²) in [6.07, 6.45) is -0.911. The van der Waals surface area contributed by atoms with E-state index in [1.807, 2.05) is 0 Å².